The summed E-state index contributed by atoms with van der Waals surface area (Å²) >= 11 is 6.14. The van der Waals surface area contributed by atoms with E-state index in [4.69, 9.17) is 16.3 Å². The third kappa shape index (κ3) is 2.63. The summed E-state index contributed by atoms with van der Waals surface area (Å²) in [6, 6.07) is 6.03. The number of benzene rings is 1. The van der Waals surface area contributed by atoms with Crippen LogP contribution in [0.1, 0.15) is 48.7 Å². The van der Waals surface area contributed by atoms with Gasteiger partial charge in [0.05, 0.1) is 23.9 Å². The second kappa shape index (κ2) is 5.81. The van der Waals surface area contributed by atoms with Gasteiger partial charge >= 0.3 is 0 Å². The molecule has 128 valence electrons. The van der Waals surface area contributed by atoms with Gasteiger partial charge in [0, 0.05) is 30.7 Å². The highest BCUT2D eigenvalue weighted by atomic mass is 35.5. The van der Waals surface area contributed by atoms with Crippen LogP contribution in [-0.4, -0.2) is 32.7 Å². The van der Waals surface area contributed by atoms with E-state index in [0.29, 0.717) is 5.02 Å². The van der Waals surface area contributed by atoms with Crippen molar-refractivity contribution in [3.8, 4) is 0 Å². The molecule has 0 unspecified atom stereocenters. The molecule has 0 radical (unpaired) electrons. The lowest BCUT2D eigenvalue weighted by Gasteiger charge is -2.47. The number of piperidine rings is 1. The van der Waals surface area contributed by atoms with Gasteiger partial charge in [0.15, 0.2) is 0 Å². The van der Waals surface area contributed by atoms with E-state index in [1.54, 1.807) is 4.68 Å². The zero-order chi connectivity index (χ0) is 16.9. The summed E-state index contributed by atoms with van der Waals surface area (Å²) in [5, 5.41) is 22.9. The minimum atomic E-state index is -0.635. The van der Waals surface area contributed by atoms with Crippen LogP contribution in [0.5, 0.6) is 0 Å². The number of aliphatic hydroxyl groups is 1. The SMILES string of the molecule is C[C@H]1C[C@@]2(C[C@@H](c3cn(C)nn3)N1)OC[C@@H](O)c1cc(Cl)ccc12. The number of nitrogens with one attached hydrogen (secondary N) is 1. The van der Waals surface area contributed by atoms with Crippen molar-refractivity contribution in [1.82, 2.24) is 20.3 Å². The van der Waals surface area contributed by atoms with E-state index in [1.807, 2.05) is 31.4 Å². The third-order valence-electron chi connectivity index (χ3n) is 5.01. The highest BCUT2D eigenvalue weighted by Gasteiger charge is 2.47. The second-order valence-electron chi connectivity index (χ2n) is 6.90. The molecule has 2 N–H and O–H groups in total. The maximum Gasteiger partial charge on any atom is 0.103 e. The van der Waals surface area contributed by atoms with Crippen molar-refractivity contribution in [2.75, 3.05) is 6.61 Å². The Morgan fingerprint density at radius 2 is 2.25 bits per heavy atom. The van der Waals surface area contributed by atoms with Crippen LogP contribution < -0.4 is 5.32 Å². The predicted octanol–water partition coefficient (Wildman–Crippen LogP) is 2.24. The molecule has 0 aliphatic carbocycles. The quantitative estimate of drug-likeness (QED) is 0.827. The van der Waals surface area contributed by atoms with E-state index in [2.05, 4.69) is 22.6 Å². The largest absolute Gasteiger partial charge is 0.386 e. The van der Waals surface area contributed by atoms with Crippen molar-refractivity contribution in [3.63, 3.8) is 0 Å². The number of hydrogen-bond acceptors (Lipinski definition) is 5. The van der Waals surface area contributed by atoms with Gasteiger partial charge in [-0.3, -0.25) is 4.68 Å². The molecule has 0 saturated carbocycles. The first-order valence-corrected chi connectivity index (χ1v) is 8.59. The van der Waals surface area contributed by atoms with Crippen LogP contribution >= 0.6 is 11.6 Å². The van der Waals surface area contributed by atoms with E-state index in [1.165, 1.54) is 0 Å². The maximum atomic E-state index is 10.3. The van der Waals surface area contributed by atoms with Crippen molar-refractivity contribution in [1.29, 1.82) is 0 Å². The highest BCUT2D eigenvalue weighted by Crippen LogP contribution is 2.48. The molecule has 1 spiro atoms. The Morgan fingerprint density at radius 1 is 1.42 bits per heavy atom. The second-order valence-corrected chi connectivity index (χ2v) is 7.33. The van der Waals surface area contributed by atoms with E-state index in [-0.39, 0.29) is 18.7 Å². The van der Waals surface area contributed by atoms with Crippen molar-refractivity contribution in [3.05, 3.63) is 46.2 Å². The molecule has 2 aliphatic rings. The Kier molecular flexibility index (Phi) is 3.88. The molecule has 1 saturated heterocycles. The number of halogens is 1. The molecule has 4 rings (SSSR count). The lowest BCUT2D eigenvalue weighted by Crippen LogP contribution is -2.50. The minimum absolute atomic E-state index is 0.0567. The third-order valence-corrected chi connectivity index (χ3v) is 5.25. The van der Waals surface area contributed by atoms with E-state index in [9.17, 15) is 5.11 Å². The average Bonchev–Trinajstić information content (AvgIpc) is 2.97. The normalized spacial score (nSPS) is 32.8. The molecule has 7 heteroatoms. The number of fused-ring (bicyclic) bond motifs is 2. The molecular formula is C17H21ClN4O2. The molecular weight excluding hydrogens is 328 g/mol. The van der Waals surface area contributed by atoms with E-state index in [0.717, 1.165) is 29.7 Å². The van der Waals surface area contributed by atoms with Crippen LogP contribution in [0.3, 0.4) is 0 Å². The van der Waals surface area contributed by atoms with Crippen molar-refractivity contribution in [2.45, 2.75) is 43.6 Å². The molecule has 6 nitrogen and oxygen atoms in total. The number of hydrogen-bond donors (Lipinski definition) is 2. The average molecular weight is 349 g/mol. The zero-order valence-electron chi connectivity index (χ0n) is 13.7. The zero-order valence-corrected chi connectivity index (χ0v) is 14.5. The fourth-order valence-corrected chi connectivity index (χ4v) is 4.23. The molecule has 3 heterocycles. The Balaban J connectivity index is 1.75. The van der Waals surface area contributed by atoms with Crippen molar-refractivity contribution >= 4 is 11.6 Å². The number of aromatic nitrogens is 3. The van der Waals surface area contributed by atoms with Crippen molar-refractivity contribution in [2.24, 2.45) is 7.05 Å². The van der Waals surface area contributed by atoms with Crippen LogP contribution in [0, 0.1) is 0 Å². The first-order chi connectivity index (χ1) is 11.5. The Hall–Kier alpha value is -1.47. The summed E-state index contributed by atoms with van der Waals surface area (Å²) in [4.78, 5) is 0. The molecule has 4 atom stereocenters. The van der Waals surface area contributed by atoms with Crippen LogP contribution in [0.4, 0.5) is 0 Å². The summed E-state index contributed by atoms with van der Waals surface area (Å²) < 4.78 is 7.94. The van der Waals surface area contributed by atoms with Crippen LogP contribution in [0.15, 0.2) is 24.4 Å². The van der Waals surface area contributed by atoms with E-state index < -0.39 is 11.7 Å². The first-order valence-electron chi connectivity index (χ1n) is 8.21. The monoisotopic (exact) mass is 348 g/mol. The van der Waals surface area contributed by atoms with Gasteiger partial charge in [-0.25, -0.2) is 0 Å². The molecule has 2 aliphatic heterocycles. The van der Waals surface area contributed by atoms with Crippen molar-refractivity contribution < 1.29 is 9.84 Å². The lowest BCUT2D eigenvalue weighted by molar-refractivity contribution is -0.132. The predicted molar refractivity (Wildman–Crippen MR) is 89.6 cm³/mol. The van der Waals surface area contributed by atoms with Crippen LogP contribution in [-0.2, 0) is 17.4 Å². The fourth-order valence-electron chi connectivity index (χ4n) is 4.05. The topological polar surface area (TPSA) is 72.2 Å². The minimum Gasteiger partial charge on any atom is -0.386 e. The number of aliphatic hydroxyl groups excluding tert-OH is 1. The Bertz CT molecular complexity index is 765. The van der Waals surface area contributed by atoms with Gasteiger partial charge in [-0.1, -0.05) is 22.9 Å². The molecule has 1 aromatic carbocycles. The molecule has 0 bridgehead atoms. The Labute approximate surface area is 145 Å². The number of aryl methyl sites for hydroxylation is 1. The van der Waals surface area contributed by atoms with Gasteiger partial charge in [-0.05, 0) is 36.6 Å². The van der Waals surface area contributed by atoms with Gasteiger partial charge in [0.1, 0.15) is 6.10 Å². The highest BCUT2D eigenvalue weighted by molar-refractivity contribution is 6.30. The molecule has 2 aromatic rings. The number of nitrogens with zero attached hydrogens (tertiary/aromatic N) is 3. The van der Waals surface area contributed by atoms with Gasteiger partial charge in [-0.15, -0.1) is 5.10 Å². The lowest BCUT2D eigenvalue weighted by atomic mass is 9.74. The van der Waals surface area contributed by atoms with E-state index >= 15 is 0 Å². The number of rotatable bonds is 1. The Morgan fingerprint density at radius 3 is 3.00 bits per heavy atom. The standard InChI is InChI=1S/C17H21ClN4O2/c1-10-6-17(7-14(19-10)15-8-22(2)21-20-15)13-4-3-11(18)5-12(13)16(23)9-24-17/h3-5,8,10,14,16,19,23H,6-7,9H2,1-2H3/t10-,14-,16+,17-/m0/s1. The molecule has 1 fully saturated rings. The maximum absolute atomic E-state index is 10.3. The summed E-state index contributed by atoms with van der Waals surface area (Å²) in [6.45, 7) is 2.43. The fraction of sp³-hybridized carbons (Fsp3) is 0.529. The number of ether oxygens (including phenoxy) is 1. The summed E-state index contributed by atoms with van der Waals surface area (Å²) in [5.41, 5.74) is 2.38. The van der Waals surface area contributed by atoms with Gasteiger partial charge in [-0.2, -0.15) is 0 Å². The van der Waals surface area contributed by atoms with Crippen LogP contribution in [0.2, 0.25) is 5.02 Å². The van der Waals surface area contributed by atoms with Crippen LogP contribution in [0.25, 0.3) is 0 Å². The summed E-state index contributed by atoms with van der Waals surface area (Å²) in [6.07, 6.45) is 2.89. The first kappa shape index (κ1) is 16.0. The molecule has 24 heavy (non-hydrogen) atoms. The molecule has 0 amide bonds. The van der Waals surface area contributed by atoms with Gasteiger partial charge < -0.3 is 15.2 Å². The molecule has 1 aromatic heterocycles. The smallest absolute Gasteiger partial charge is 0.103 e. The van der Waals surface area contributed by atoms with Gasteiger partial charge in [0.25, 0.3) is 0 Å². The summed E-state index contributed by atoms with van der Waals surface area (Å²) in [7, 11) is 1.86. The summed E-state index contributed by atoms with van der Waals surface area (Å²) in [5.74, 6) is 0. The van der Waals surface area contributed by atoms with Gasteiger partial charge in [0.2, 0.25) is 0 Å².